The number of hydrogen-bond donors (Lipinski definition) is 2. The van der Waals surface area contributed by atoms with Crippen LogP contribution in [0.1, 0.15) is 55.1 Å². The molecule has 0 spiro atoms. The van der Waals surface area contributed by atoms with Gasteiger partial charge in [-0.05, 0) is 62.9 Å². The van der Waals surface area contributed by atoms with Crippen LogP contribution in [0.5, 0.6) is 0 Å². The van der Waals surface area contributed by atoms with Gasteiger partial charge in [-0.2, -0.15) is 26.3 Å². The number of anilines is 2. The van der Waals surface area contributed by atoms with Gasteiger partial charge in [0.1, 0.15) is 5.56 Å². The molecule has 1 aliphatic rings. The van der Waals surface area contributed by atoms with E-state index < -0.39 is 51.5 Å². The van der Waals surface area contributed by atoms with Crippen molar-refractivity contribution in [2.75, 3.05) is 16.8 Å². The number of H-pyrrole nitrogens is 1. The summed E-state index contributed by atoms with van der Waals surface area (Å²) in [5, 5.41) is 1.31. The van der Waals surface area contributed by atoms with E-state index in [-0.39, 0.29) is 17.0 Å². The molecule has 2 N–H and O–H groups in total. The molecule has 2 aromatic carbocycles. The largest absolute Gasteiger partial charge is 0.418 e. The Bertz CT molecular complexity index is 1410. The topological polar surface area (TPSA) is 65.2 Å². The molecule has 0 radical (unpaired) electrons. The van der Waals surface area contributed by atoms with Gasteiger partial charge in [0.2, 0.25) is 5.43 Å². The molecule has 1 aliphatic carbocycles. The Kier molecular flexibility index (Phi) is 6.54. The van der Waals surface area contributed by atoms with Gasteiger partial charge in [-0.15, -0.1) is 0 Å². The van der Waals surface area contributed by atoms with Gasteiger partial charge in [0, 0.05) is 29.5 Å². The fourth-order valence-electron chi connectivity index (χ4n) is 5.00. The van der Waals surface area contributed by atoms with Gasteiger partial charge in [-0.25, -0.2) is 0 Å². The molecule has 0 bridgehead atoms. The molecule has 2 atom stereocenters. The van der Waals surface area contributed by atoms with Crippen LogP contribution in [0.25, 0.3) is 10.9 Å². The summed E-state index contributed by atoms with van der Waals surface area (Å²) in [4.78, 5) is 30.1. The Balaban J connectivity index is 1.74. The van der Waals surface area contributed by atoms with E-state index in [9.17, 15) is 35.9 Å². The van der Waals surface area contributed by atoms with E-state index in [2.05, 4.69) is 10.3 Å². The summed E-state index contributed by atoms with van der Waals surface area (Å²) in [7, 11) is 0. The summed E-state index contributed by atoms with van der Waals surface area (Å²) in [5.74, 6) is -0.979. The van der Waals surface area contributed by atoms with E-state index in [1.165, 1.54) is 12.1 Å². The van der Waals surface area contributed by atoms with Crippen molar-refractivity contribution >= 4 is 28.2 Å². The second-order valence-corrected chi connectivity index (χ2v) is 9.48. The summed E-state index contributed by atoms with van der Waals surface area (Å²) >= 11 is 0. The molecular weight excluding hydrogens is 500 g/mol. The van der Waals surface area contributed by atoms with E-state index in [1.54, 1.807) is 0 Å². The maximum absolute atomic E-state index is 14.0. The monoisotopic (exact) mass is 525 g/mol. The number of rotatable bonds is 5. The molecule has 1 saturated carbocycles. The van der Waals surface area contributed by atoms with Crippen molar-refractivity contribution < 1.29 is 31.1 Å². The SMILES string of the molecule is CCN(c1ccc(NC(=O)c2c[nH]c3cccc(C(F)(F)F)c3c2=O)c(C(F)(F)F)c1)C1(C)CCC1C. The molecule has 1 heterocycles. The smallest absolute Gasteiger partial charge is 0.366 e. The number of pyridine rings is 1. The fraction of sp³-hybridized carbons (Fsp3) is 0.385. The zero-order valence-electron chi connectivity index (χ0n) is 20.3. The molecule has 0 saturated heterocycles. The molecule has 3 aromatic rings. The highest BCUT2D eigenvalue weighted by Gasteiger charge is 2.45. The number of carbonyl (C=O) groups excluding carboxylic acids is 1. The minimum atomic E-state index is -4.87. The number of nitrogens with zero attached hydrogens (tertiary/aromatic N) is 1. The van der Waals surface area contributed by atoms with Crippen molar-refractivity contribution in [3.63, 3.8) is 0 Å². The van der Waals surface area contributed by atoms with Crippen molar-refractivity contribution in [1.29, 1.82) is 0 Å². The van der Waals surface area contributed by atoms with Crippen LogP contribution >= 0.6 is 0 Å². The van der Waals surface area contributed by atoms with Gasteiger partial charge in [0.25, 0.3) is 5.91 Å². The second-order valence-electron chi connectivity index (χ2n) is 9.48. The van der Waals surface area contributed by atoms with Crippen molar-refractivity contribution in [3.8, 4) is 0 Å². The third-order valence-electron chi connectivity index (χ3n) is 7.40. The number of benzene rings is 2. The van der Waals surface area contributed by atoms with E-state index in [1.807, 2.05) is 25.7 Å². The van der Waals surface area contributed by atoms with Gasteiger partial charge >= 0.3 is 12.4 Å². The Morgan fingerprint density at radius 3 is 2.32 bits per heavy atom. The zero-order chi connectivity index (χ0) is 27.3. The summed E-state index contributed by atoms with van der Waals surface area (Å²) in [6.45, 7) is 6.35. The highest BCUT2D eigenvalue weighted by atomic mass is 19.4. The van der Waals surface area contributed by atoms with E-state index in [0.29, 0.717) is 18.3 Å². The summed E-state index contributed by atoms with van der Waals surface area (Å²) in [6.07, 6.45) is -7.04. The summed E-state index contributed by atoms with van der Waals surface area (Å²) in [6, 6.07) is 6.53. The molecule has 2 unspecified atom stereocenters. The number of aromatic nitrogens is 1. The highest BCUT2D eigenvalue weighted by molar-refractivity contribution is 6.06. The molecular formula is C26H25F6N3O2. The van der Waals surface area contributed by atoms with Crippen LogP contribution in [-0.2, 0) is 12.4 Å². The predicted molar refractivity (Wildman–Crippen MR) is 129 cm³/mol. The Hall–Kier alpha value is -3.50. The molecule has 5 nitrogen and oxygen atoms in total. The van der Waals surface area contributed by atoms with Crippen LogP contribution in [0.4, 0.5) is 37.7 Å². The molecule has 1 aromatic heterocycles. The second kappa shape index (κ2) is 9.11. The third-order valence-corrected chi connectivity index (χ3v) is 7.40. The zero-order valence-corrected chi connectivity index (χ0v) is 20.3. The normalized spacial score (nSPS) is 20.0. The van der Waals surface area contributed by atoms with Crippen LogP contribution in [0.15, 0.2) is 47.4 Å². The van der Waals surface area contributed by atoms with Crippen LogP contribution < -0.4 is 15.6 Å². The number of aromatic amines is 1. The lowest BCUT2D eigenvalue weighted by atomic mass is 9.67. The van der Waals surface area contributed by atoms with Gasteiger partial charge in [0.15, 0.2) is 0 Å². The van der Waals surface area contributed by atoms with Gasteiger partial charge in [-0.1, -0.05) is 13.0 Å². The van der Waals surface area contributed by atoms with E-state index in [4.69, 9.17) is 0 Å². The van der Waals surface area contributed by atoms with Crippen molar-refractivity contribution in [1.82, 2.24) is 4.98 Å². The number of carbonyl (C=O) groups is 1. The lowest BCUT2D eigenvalue weighted by molar-refractivity contribution is -0.137. The van der Waals surface area contributed by atoms with Crippen LogP contribution in [-0.4, -0.2) is 23.0 Å². The summed E-state index contributed by atoms with van der Waals surface area (Å²) < 4.78 is 82.4. The van der Waals surface area contributed by atoms with Gasteiger partial charge < -0.3 is 15.2 Å². The number of amides is 1. The van der Waals surface area contributed by atoms with Crippen molar-refractivity contribution in [2.45, 2.75) is 51.5 Å². The first-order valence-corrected chi connectivity index (χ1v) is 11.7. The first-order valence-electron chi connectivity index (χ1n) is 11.7. The maximum atomic E-state index is 14.0. The predicted octanol–water partition coefficient (Wildman–Crippen LogP) is 6.83. The van der Waals surface area contributed by atoms with Crippen molar-refractivity contribution in [3.05, 3.63) is 69.5 Å². The Morgan fingerprint density at radius 2 is 1.78 bits per heavy atom. The number of alkyl halides is 6. The number of hydrogen-bond acceptors (Lipinski definition) is 3. The number of nitrogens with one attached hydrogen (secondary N) is 2. The number of halogens is 6. The van der Waals surface area contributed by atoms with Crippen molar-refractivity contribution in [2.24, 2.45) is 5.92 Å². The van der Waals surface area contributed by atoms with Crippen LogP contribution in [0, 0.1) is 5.92 Å². The number of fused-ring (bicyclic) bond motifs is 1. The fourth-order valence-corrected chi connectivity index (χ4v) is 5.00. The average Bonchev–Trinajstić information content (AvgIpc) is 2.82. The molecule has 1 fully saturated rings. The Labute approximate surface area is 208 Å². The lowest BCUT2D eigenvalue weighted by Gasteiger charge is -2.54. The third kappa shape index (κ3) is 4.67. The molecule has 4 rings (SSSR count). The molecule has 198 valence electrons. The van der Waals surface area contributed by atoms with E-state index in [0.717, 1.165) is 37.2 Å². The average molecular weight is 525 g/mol. The maximum Gasteiger partial charge on any atom is 0.418 e. The molecule has 1 amide bonds. The molecule has 37 heavy (non-hydrogen) atoms. The molecule has 0 aliphatic heterocycles. The minimum Gasteiger partial charge on any atom is -0.366 e. The van der Waals surface area contributed by atoms with Crippen LogP contribution in [0.3, 0.4) is 0 Å². The Morgan fingerprint density at radius 1 is 1.11 bits per heavy atom. The van der Waals surface area contributed by atoms with Gasteiger partial charge in [-0.3, -0.25) is 9.59 Å². The summed E-state index contributed by atoms with van der Waals surface area (Å²) in [5.41, 5.74) is -5.10. The minimum absolute atomic E-state index is 0.157. The van der Waals surface area contributed by atoms with E-state index >= 15 is 0 Å². The van der Waals surface area contributed by atoms with Crippen LogP contribution in [0.2, 0.25) is 0 Å². The van der Waals surface area contributed by atoms with Gasteiger partial charge in [0.05, 0.1) is 22.2 Å². The first-order chi connectivity index (χ1) is 17.2. The highest BCUT2D eigenvalue weighted by Crippen LogP contribution is 2.46. The first kappa shape index (κ1) is 26.6. The lowest BCUT2D eigenvalue weighted by Crippen LogP contribution is -2.57. The quantitative estimate of drug-likeness (QED) is 0.359. The molecule has 11 heteroatoms. The standard InChI is InChI=1S/C26H25F6N3O2/c1-4-35(24(3)11-10-14(24)2)15-8-9-19(18(12-15)26(30,31)32)34-23(37)16-13-33-20-7-5-6-17(25(27,28)29)21(20)22(16)36/h5-9,12-14H,4,10-11H2,1-3H3,(H,33,36)(H,34,37).